The summed E-state index contributed by atoms with van der Waals surface area (Å²) >= 11 is 0. The second kappa shape index (κ2) is 7.39. The number of nitrogens with two attached hydrogens (primary N) is 1. The standard InChI is InChI=1S/C15H26N2O/c1-5-14(16)13-8-6-7-9-15(13)17(12(2)3)10-11-18-4/h6-9,12,14H,5,10-11,16H2,1-4H3/t14-/m1/s1. The third-order valence-corrected chi connectivity index (χ3v) is 3.25. The zero-order valence-electron chi connectivity index (χ0n) is 12.0. The molecule has 0 amide bonds. The summed E-state index contributed by atoms with van der Waals surface area (Å²) in [5.74, 6) is 0. The van der Waals surface area contributed by atoms with E-state index in [0.717, 1.165) is 19.6 Å². The Hall–Kier alpha value is -1.06. The van der Waals surface area contributed by atoms with Crippen LogP contribution < -0.4 is 10.6 Å². The van der Waals surface area contributed by atoms with Crippen LogP contribution in [0.5, 0.6) is 0 Å². The molecule has 0 saturated carbocycles. The lowest BCUT2D eigenvalue weighted by Crippen LogP contribution is -2.35. The van der Waals surface area contributed by atoms with E-state index in [1.54, 1.807) is 7.11 Å². The molecule has 0 fully saturated rings. The molecule has 0 aromatic heterocycles. The number of rotatable bonds is 7. The Labute approximate surface area is 111 Å². The largest absolute Gasteiger partial charge is 0.383 e. The van der Waals surface area contributed by atoms with Crippen molar-refractivity contribution in [2.24, 2.45) is 5.73 Å². The quantitative estimate of drug-likeness (QED) is 0.808. The lowest BCUT2D eigenvalue weighted by atomic mass is 10.0. The number of nitrogens with zero attached hydrogens (tertiary/aromatic N) is 1. The van der Waals surface area contributed by atoms with Gasteiger partial charge in [0, 0.05) is 31.4 Å². The van der Waals surface area contributed by atoms with E-state index in [9.17, 15) is 0 Å². The first-order valence-corrected chi connectivity index (χ1v) is 6.71. The zero-order chi connectivity index (χ0) is 13.5. The summed E-state index contributed by atoms with van der Waals surface area (Å²) in [5.41, 5.74) is 8.67. The molecule has 2 N–H and O–H groups in total. The van der Waals surface area contributed by atoms with Gasteiger partial charge in [-0.1, -0.05) is 25.1 Å². The lowest BCUT2D eigenvalue weighted by Gasteiger charge is -2.32. The SMILES string of the molecule is CC[C@@H](N)c1ccccc1N(CCOC)C(C)C. The number of ether oxygens (including phenoxy) is 1. The Morgan fingerprint density at radius 3 is 2.50 bits per heavy atom. The van der Waals surface area contributed by atoms with Crippen LogP contribution >= 0.6 is 0 Å². The van der Waals surface area contributed by atoms with Gasteiger partial charge in [0.15, 0.2) is 0 Å². The third kappa shape index (κ3) is 3.72. The molecule has 0 saturated heterocycles. The summed E-state index contributed by atoms with van der Waals surface area (Å²) in [4.78, 5) is 2.36. The van der Waals surface area contributed by atoms with Crippen molar-refractivity contribution < 1.29 is 4.74 Å². The van der Waals surface area contributed by atoms with Gasteiger partial charge in [-0.05, 0) is 31.9 Å². The highest BCUT2D eigenvalue weighted by Crippen LogP contribution is 2.28. The van der Waals surface area contributed by atoms with Gasteiger partial charge in [0.05, 0.1) is 6.61 Å². The van der Waals surface area contributed by atoms with Crippen molar-refractivity contribution in [3.63, 3.8) is 0 Å². The van der Waals surface area contributed by atoms with Crippen molar-refractivity contribution in [3.8, 4) is 0 Å². The summed E-state index contributed by atoms with van der Waals surface area (Å²) in [6.45, 7) is 8.14. The van der Waals surface area contributed by atoms with Crippen molar-refractivity contribution in [3.05, 3.63) is 29.8 Å². The molecule has 0 spiro atoms. The van der Waals surface area contributed by atoms with E-state index in [2.05, 4.69) is 49.9 Å². The third-order valence-electron chi connectivity index (χ3n) is 3.25. The normalized spacial score (nSPS) is 12.8. The second-order valence-corrected chi connectivity index (χ2v) is 4.85. The Balaban J connectivity index is 3.03. The molecule has 0 aliphatic rings. The van der Waals surface area contributed by atoms with Crippen LogP contribution in [-0.2, 0) is 4.74 Å². The van der Waals surface area contributed by atoms with Crippen LogP contribution in [0, 0.1) is 0 Å². The monoisotopic (exact) mass is 250 g/mol. The fourth-order valence-electron chi connectivity index (χ4n) is 2.13. The Bertz CT molecular complexity index is 352. The van der Waals surface area contributed by atoms with Crippen molar-refractivity contribution in [1.82, 2.24) is 0 Å². The summed E-state index contributed by atoms with van der Waals surface area (Å²) in [7, 11) is 1.74. The average Bonchev–Trinajstić information content (AvgIpc) is 2.38. The van der Waals surface area contributed by atoms with Gasteiger partial charge in [0.25, 0.3) is 0 Å². The fraction of sp³-hybridized carbons (Fsp3) is 0.600. The minimum Gasteiger partial charge on any atom is -0.383 e. The molecule has 0 aliphatic carbocycles. The molecule has 0 unspecified atom stereocenters. The van der Waals surface area contributed by atoms with Crippen molar-refractivity contribution >= 4 is 5.69 Å². The number of anilines is 1. The van der Waals surface area contributed by atoms with Gasteiger partial charge in [-0.2, -0.15) is 0 Å². The van der Waals surface area contributed by atoms with Crippen molar-refractivity contribution in [2.45, 2.75) is 39.3 Å². The number of hydrogen-bond donors (Lipinski definition) is 1. The van der Waals surface area contributed by atoms with Crippen molar-refractivity contribution in [1.29, 1.82) is 0 Å². The molecule has 1 aromatic rings. The molecule has 1 aromatic carbocycles. The van der Waals surface area contributed by atoms with Crippen LogP contribution in [0.1, 0.15) is 38.8 Å². The first-order chi connectivity index (χ1) is 8.61. The number of para-hydroxylation sites is 1. The Kier molecular flexibility index (Phi) is 6.16. The minimum atomic E-state index is 0.102. The fourth-order valence-corrected chi connectivity index (χ4v) is 2.13. The molecule has 0 aliphatic heterocycles. The van der Waals surface area contributed by atoms with E-state index in [4.69, 9.17) is 10.5 Å². The predicted octanol–water partition coefficient (Wildman–Crippen LogP) is 2.96. The second-order valence-electron chi connectivity index (χ2n) is 4.85. The Morgan fingerprint density at radius 1 is 1.28 bits per heavy atom. The van der Waals surface area contributed by atoms with Gasteiger partial charge in [0.1, 0.15) is 0 Å². The summed E-state index contributed by atoms with van der Waals surface area (Å²) in [6.07, 6.45) is 0.952. The first-order valence-electron chi connectivity index (χ1n) is 6.71. The molecule has 1 atom stereocenters. The molecule has 3 heteroatoms. The summed E-state index contributed by atoms with van der Waals surface area (Å²) in [6, 6.07) is 8.95. The molecular weight excluding hydrogens is 224 g/mol. The highest BCUT2D eigenvalue weighted by molar-refractivity contribution is 5.55. The van der Waals surface area contributed by atoms with E-state index in [1.807, 2.05) is 0 Å². The van der Waals surface area contributed by atoms with Gasteiger partial charge in [-0.15, -0.1) is 0 Å². The van der Waals surface area contributed by atoms with Crippen LogP contribution in [0.3, 0.4) is 0 Å². The number of hydrogen-bond acceptors (Lipinski definition) is 3. The number of methoxy groups -OCH3 is 1. The smallest absolute Gasteiger partial charge is 0.0637 e. The molecule has 3 nitrogen and oxygen atoms in total. The van der Waals surface area contributed by atoms with Crippen LogP contribution in [0.15, 0.2) is 24.3 Å². The van der Waals surface area contributed by atoms with Gasteiger partial charge in [0.2, 0.25) is 0 Å². The maximum Gasteiger partial charge on any atom is 0.0637 e. The van der Waals surface area contributed by atoms with E-state index in [0.29, 0.717) is 6.04 Å². The molecule has 102 valence electrons. The molecule has 0 heterocycles. The van der Waals surface area contributed by atoms with E-state index in [1.165, 1.54) is 11.3 Å². The summed E-state index contributed by atoms with van der Waals surface area (Å²) < 4.78 is 5.20. The summed E-state index contributed by atoms with van der Waals surface area (Å²) in [5, 5.41) is 0. The lowest BCUT2D eigenvalue weighted by molar-refractivity contribution is 0.203. The Morgan fingerprint density at radius 2 is 1.94 bits per heavy atom. The molecule has 0 bridgehead atoms. The zero-order valence-corrected chi connectivity index (χ0v) is 12.0. The van der Waals surface area contributed by atoms with Crippen LogP contribution in [0.2, 0.25) is 0 Å². The molecule has 0 radical (unpaired) electrons. The van der Waals surface area contributed by atoms with Crippen LogP contribution in [-0.4, -0.2) is 26.3 Å². The predicted molar refractivity (Wildman–Crippen MR) is 78.0 cm³/mol. The molecule has 1 rings (SSSR count). The first kappa shape index (κ1) is 15.0. The number of benzene rings is 1. The van der Waals surface area contributed by atoms with Gasteiger partial charge in [-0.3, -0.25) is 0 Å². The van der Waals surface area contributed by atoms with Gasteiger partial charge in [-0.25, -0.2) is 0 Å². The van der Waals surface area contributed by atoms with Crippen molar-refractivity contribution in [2.75, 3.05) is 25.2 Å². The van der Waals surface area contributed by atoms with E-state index in [-0.39, 0.29) is 6.04 Å². The maximum absolute atomic E-state index is 6.20. The van der Waals surface area contributed by atoms with Crippen LogP contribution in [0.25, 0.3) is 0 Å². The van der Waals surface area contributed by atoms with Gasteiger partial charge < -0.3 is 15.4 Å². The van der Waals surface area contributed by atoms with Crippen LogP contribution in [0.4, 0.5) is 5.69 Å². The van der Waals surface area contributed by atoms with Gasteiger partial charge >= 0.3 is 0 Å². The topological polar surface area (TPSA) is 38.5 Å². The highest BCUT2D eigenvalue weighted by atomic mass is 16.5. The highest BCUT2D eigenvalue weighted by Gasteiger charge is 2.16. The average molecular weight is 250 g/mol. The molecular formula is C15H26N2O. The molecule has 18 heavy (non-hydrogen) atoms. The maximum atomic E-state index is 6.20. The van der Waals surface area contributed by atoms with E-state index >= 15 is 0 Å². The van der Waals surface area contributed by atoms with E-state index < -0.39 is 0 Å². The minimum absolute atomic E-state index is 0.102.